The van der Waals surface area contributed by atoms with Crippen molar-refractivity contribution >= 4 is 12.1 Å². The molecule has 1 saturated carbocycles. The Morgan fingerprint density at radius 3 is 2.74 bits per heavy atom. The Labute approximate surface area is 114 Å². The highest BCUT2D eigenvalue weighted by Crippen LogP contribution is 2.34. The lowest BCUT2D eigenvalue weighted by molar-refractivity contribution is -0.192. The summed E-state index contributed by atoms with van der Waals surface area (Å²) in [5.74, 6) is 0.243. The highest BCUT2D eigenvalue weighted by Gasteiger charge is 2.37. The fourth-order valence-electron chi connectivity index (χ4n) is 2.80. The SMILES string of the molecule is CC(C=O)=C(C)C1CC(=O)CC1OC1CCCCO1. The van der Waals surface area contributed by atoms with E-state index >= 15 is 0 Å². The number of ketones is 1. The van der Waals surface area contributed by atoms with E-state index in [0.29, 0.717) is 18.4 Å². The summed E-state index contributed by atoms with van der Waals surface area (Å²) in [6.07, 6.45) is 4.54. The van der Waals surface area contributed by atoms with Gasteiger partial charge in [-0.05, 0) is 38.7 Å². The third-order valence-corrected chi connectivity index (χ3v) is 4.14. The Morgan fingerprint density at radius 2 is 2.11 bits per heavy atom. The van der Waals surface area contributed by atoms with E-state index in [0.717, 1.165) is 37.7 Å². The zero-order valence-electron chi connectivity index (χ0n) is 11.7. The van der Waals surface area contributed by atoms with Crippen molar-refractivity contribution in [2.45, 2.75) is 58.3 Å². The fraction of sp³-hybridized carbons (Fsp3) is 0.733. The average Bonchev–Trinajstić information content (AvgIpc) is 2.79. The summed E-state index contributed by atoms with van der Waals surface area (Å²) in [5.41, 5.74) is 1.68. The molecule has 0 aromatic rings. The molecule has 0 radical (unpaired) electrons. The minimum Gasteiger partial charge on any atom is -0.353 e. The van der Waals surface area contributed by atoms with E-state index in [1.807, 2.05) is 6.92 Å². The molecule has 3 unspecified atom stereocenters. The van der Waals surface area contributed by atoms with E-state index in [1.54, 1.807) is 6.92 Å². The molecule has 0 bridgehead atoms. The predicted molar refractivity (Wildman–Crippen MR) is 70.6 cm³/mol. The van der Waals surface area contributed by atoms with E-state index in [2.05, 4.69) is 0 Å². The molecule has 1 aliphatic carbocycles. The maximum Gasteiger partial charge on any atom is 0.157 e. The second kappa shape index (κ2) is 6.44. The summed E-state index contributed by atoms with van der Waals surface area (Å²) in [5, 5.41) is 0. The van der Waals surface area contributed by atoms with E-state index < -0.39 is 0 Å². The summed E-state index contributed by atoms with van der Waals surface area (Å²) in [6, 6.07) is 0. The Bertz CT molecular complexity index is 380. The molecular weight excluding hydrogens is 244 g/mol. The lowest BCUT2D eigenvalue weighted by Crippen LogP contribution is -2.30. The Kier molecular flexibility index (Phi) is 4.88. The molecule has 2 rings (SSSR count). The van der Waals surface area contributed by atoms with E-state index in [9.17, 15) is 9.59 Å². The zero-order chi connectivity index (χ0) is 13.8. The van der Waals surface area contributed by atoms with E-state index in [1.165, 1.54) is 0 Å². The molecule has 2 fully saturated rings. The third kappa shape index (κ3) is 3.51. The molecular formula is C15H22O4. The molecule has 2 aliphatic rings. The summed E-state index contributed by atoms with van der Waals surface area (Å²) in [4.78, 5) is 22.6. The summed E-state index contributed by atoms with van der Waals surface area (Å²) in [7, 11) is 0. The minimum absolute atomic E-state index is 0.0308. The van der Waals surface area contributed by atoms with Gasteiger partial charge in [-0.2, -0.15) is 0 Å². The van der Waals surface area contributed by atoms with Crippen molar-refractivity contribution in [2.75, 3.05) is 6.61 Å². The standard InChI is InChI=1S/C15H22O4/c1-10(9-16)11(2)13-7-12(17)8-14(13)19-15-5-3-4-6-18-15/h9,13-15H,3-8H2,1-2H3. The van der Waals surface area contributed by atoms with Crippen molar-refractivity contribution in [2.24, 2.45) is 5.92 Å². The van der Waals surface area contributed by atoms with Gasteiger partial charge in [-0.1, -0.05) is 5.57 Å². The monoisotopic (exact) mass is 266 g/mol. The maximum atomic E-state index is 11.7. The maximum absolute atomic E-state index is 11.7. The molecule has 4 nitrogen and oxygen atoms in total. The fourth-order valence-corrected chi connectivity index (χ4v) is 2.80. The minimum atomic E-state index is -0.184. The molecule has 19 heavy (non-hydrogen) atoms. The van der Waals surface area contributed by atoms with E-state index in [-0.39, 0.29) is 24.1 Å². The number of aldehydes is 1. The molecule has 0 spiro atoms. The summed E-state index contributed by atoms with van der Waals surface area (Å²) < 4.78 is 11.5. The zero-order valence-corrected chi connectivity index (χ0v) is 11.7. The van der Waals surface area contributed by atoms with Crippen LogP contribution in [0.3, 0.4) is 0 Å². The number of carbonyl (C=O) groups is 2. The van der Waals surface area contributed by atoms with Crippen LogP contribution in [0.5, 0.6) is 0 Å². The van der Waals surface area contributed by atoms with Crippen LogP contribution in [0.15, 0.2) is 11.1 Å². The molecule has 3 atom stereocenters. The Hall–Kier alpha value is -1.00. The van der Waals surface area contributed by atoms with Gasteiger partial charge in [-0.25, -0.2) is 0 Å². The number of allylic oxidation sites excluding steroid dienone is 1. The lowest BCUT2D eigenvalue weighted by Gasteiger charge is -2.29. The molecule has 1 heterocycles. The predicted octanol–water partition coefficient (Wildman–Crippen LogP) is 2.41. The highest BCUT2D eigenvalue weighted by molar-refractivity contribution is 5.83. The van der Waals surface area contributed by atoms with Gasteiger partial charge in [0, 0.05) is 25.4 Å². The Morgan fingerprint density at radius 1 is 1.32 bits per heavy atom. The summed E-state index contributed by atoms with van der Waals surface area (Å²) >= 11 is 0. The number of hydrogen-bond acceptors (Lipinski definition) is 4. The molecule has 0 N–H and O–H groups in total. The van der Waals surface area contributed by atoms with Crippen molar-refractivity contribution in [3.8, 4) is 0 Å². The first-order chi connectivity index (χ1) is 9.11. The number of Topliss-reactive ketones (excluding diaryl/α,β-unsaturated/α-hetero) is 1. The highest BCUT2D eigenvalue weighted by atomic mass is 16.7. The topological polar surface area (TPSA) is 52.6 Å². The van der Waals surface area contributed by atoms with E-state index in [4.69, 9.17) is 9.47 Å². The van der Waals surface area contributed by atoms with Gasteiger partial charge in [0.2, 0.25) is 0 Å². The van der Waals surface area contributed by atoms with Crippen LogP contribution in [-0.2, 0) is 19.1 Å². The second-order valence-electron chi connectivity index (χ2n) is 5.51. The number of hydrogen-bond donors (Lipinski definition) is 0. The Balaban J connectivity index is 2.04. The molecule has 0 amide bonds. The molecule has 1 saturated heterocycles. The van der Waals surface area contributed by atoms with Gasteiger partial charge in [0.05, 0.1) is 6.10 Å². The number of rotatable bonds is 4. The van der Waals surface area contributed by atoms with Gasteiger partial charge < -0.3 is 9.47 Å². The van der Waals surface area contributed by atoms with Crippen LogP contribution < -0.4 is 0 Å². The van der Waals surface area contributed by atoms with Crippen LogP contribution in [0.2, 0.25) is 0 Å². The lowest BCUT2D eigenvalue weighted by atomic mass is 9.93. The molecule has 1 aliphatic heterocycles. The van der Waals surface area contributed by atoms with Gasteiger partial charge in [0.1, 0.15) is 12.1 Å². The molecule has 0 aromatic carbocycles. The number of carbonyl (C=O) groups excluding carboxylic acids is 2. The van der Waals surface area contributed by atoms with Crippen molar-refractivity contribution in [1.82, 2.24) is 0 Å². The van der Waals surface area contributed by atoms with Crippen LogP contribution >= 0.6 is 0 Å². The van der Waals surface area contributed by atoms with Crippen molar-refractivity contribution < 1.29 is 19.1 Å². The van der Waals surface area contributed by atoms with Crippen molar-refractivity contribution in [3.05, 3.63) is 11.1 Å². The van der Waals surface area contributed by atoms with Crippen LogP contribution in [-0.4, -0.2) is 31.1 Å². The third-order valence-electron chi connectivity index (χ3n) is 4.14. The molecule has 4 heteroatoms. The van der Waals surface area contributed by atoms with Crippen molar-refractivity contribution in [1.29, 1.82) is 0 Å². The first-order valence-electron chi connectivity index (χ1n) is 7.03. The van der Waals surface area contributed by atoms with Gasteiger partial charge in [0.25, 0.3) is 0 Å². The molecule has 106 valence electrons. The largest absolute Gasteiger partial charge is 0.353 e. The molecule has 0 aromatic heterocycles. The smallest absolute Gasteiger partial charge is 0.157 e. The van der Waals surface area contributed by atoms with Gasteiger partial charge in [-0.3, -0.25) is 9.59 Å². The average molecular weight is 266 g/mol. The second-order valence-corrected chi connectivity index (χ2v) is 5.51. The number of ether oxygens (including phenoxy) is 2. The van der Waals surface area contributed by atoms with Crippen LogP contribution in [0.4, 0.5) is 0 Å². The van der Waals surface area contributed by atoms with Crippen LogP contribution in [0, 0.1) is 5.92 Å². The first-order valence-corrected chi connectivity index (χ1v) is 7.03. The van der Waals surface area contributed by atoms with Crippen molar-refractivity contribution in [3.63, 3.8) is 0 Å². The van der Waals surface area contributed by atoms with Crippen LogP contribution in [0.25, 0.3) is 0 Å². The normalized spacial score (nSPS) is 33.2. The quantitative estimate of drug-likeness (QED) is 0.579. The van der Waals surface area contributed by atoms with Crippen LogP contribution in [0.1, 0.15) is 46.0 Å². The summed E-state index contributed by atoms with van der Waals surface area (Å²) in [6.45, 7) is 4.45. The van der Waals surface area contributed by atoms with Gasteiger partial charge >= 0.3 is 0 Å². The first kappa shape index (κ1) is 14.4. The van der Waals surface area contributed by atoms with Gasteiger partial charge in [-0.15, -0.1) is 0 Å². The van der Waals surface area contributed by atoms with Gasteiger partial charge in [0.15, 0.2) is 6.29 Å².